The molecule has 0 unspecified atom stereocenters. The first-order chi connectivity index (χ1) is 12.1. The average molecular weight is 350 g/mol. The Labute approximate surface area is 152 Å². The fourth-order valence-electron chi connectivity index (χ4n) is 3.41. The van der Waals surface area contributed by atoms with Crippen LogP contribution < -0.4 is 0 Å². The molecule has 0 radical (unpaired) electrons. The van der Waals surface area contributed by atoms with Crippen LogP contribution in [-0.2, 0) is 14.3 Å². The van der Waals surface area contributed by atoms with Crippen LogP contribution in [0.2, 0.25) is 0 Å². The van der Waals surface area contributed by atoms with E-state index in [1.165, 1.54) is 26.4 Å². The molecule has 1 aliphatic rings. The number of rotatable bonds is 11. The first kappa shape index (κ1) is 21.7. The zero-order chi connectivity index (χ0) is 18.5. The van der Waals surface area contributed by atoms with Gasteiger partial charge in [-0.05, 0) is 19.3 Å². The summed E-state index contributed by atoms with van der Waals surface area (Å²) in [5.74, 6) is 6.06. The third-order valence-corrected chi connectivity index (χ3v) is 4.97. The number of Topliss-reactive ketones (excluding diaryl/α,β-unsaturated/α-hetero) is 1. The molecule has 0 aliphatic heterocycles. The minimum absolute atomic E-state index is 0.112. The van der Waals surface area contributed by atoms with Gasteiger partial charge in [0.15, 0.2) is 0 Å². The highest BCUT2D eigenvalue weighted by atomic mass is 16.5. The smallest absolute Gasteiger partial charge is 0.305 e. The number of hydrogen-bond donors (Lipinski definition) is 1. The maximum absolute atomic E-state index is 12.1. The van der Waals surface area contributed by atoms with E-state index in [1.807, 2.05) is 0 Å². The van der Waals surface area contributed by atoms with Gasteiger partial charge in [0.25, 0.3) is 0 Å². The molecule has 0 spiro atoms. The van der Waals surface area contributed by atoms with Gasteiger partial charge in [-0.1, -0.05) is 51.4 Å². The maximum Gasteiger partial charge on any atom is 0.305 e. The molecule has 1 rings (SSSR count). The Morgan fingerprint density at radius 1 is 1.16 bits per heavy atom. The molecule has 142 valence electrons. The van der Waals surface area contributed by atoms with E-state index < -0.39 is 6.10 Å². The van der Waals surface area contributed by atoms with Crippen molar-refractivity contribution in [2.45, 2.75) is 90.1 Å². The van der Waals surface area contributed by atoms with Crippen LogP contribution in [0.5, 0.6) is 0 Å². The number of aliphatic hydroxyl groups is 1. The van der Waals surface area contributed by atoms with Crippen molar-refractivity contribution in [3.8, 4) is 11.8 Å². The van der Waals surface area contributed by atoms with E-state index in [0.29, 0.717) is 6.42 Å². The molecule has 0 heterocycles. The predicted molar refractivity (Wildman–Crippen MR) is 98.9 cm³/mol. The van der Waals surface area contributed by atoms with Crippen LogP contribution in [0.25, 0.3) is 0 Å². The van der Waals surface area contributed by atoms with Gasteiger partial charge in [-0.2, -0.15) is 0 Å². The molecule has 1 aliphatic carbocycles. The number of hydrogen-bond acceptors (Lipinski definition) is 4. The summed E-state index contributed by atoms with van der Waals surface area (Å²) >= 11 is 0. The normalized spacial score (nSPS) is 22.5. The number of unbranched alkanes of at least 4 members (excludes halogenated alkanes) is 7. The minimum Gasteiger partial charge on any atom is -0.469 e. The highest BCUT2D eigenvalue weighted by Crippen LogP contribution is 2.33. The molecular formula is C21H34O4. The van der Waals surface area contributed by atoms with Crippen molar-refractivity contribution in [3.05, 3.63) is 0 Å². The van der Waals surface area contributed by atoms with Crippen molar-refractivity contribution in [1.29, 1.82) is 0 Å². The topological polar surface area (TPSA) is 63.6 Å². The number of ether oxygens (including phenoxy) is 1. The lowest BCUT2D eigenvalue weighted by atomic mass is 9.89. The molecule has 1 fully saturated rings. The van der Waals surface area contributed by atoms with E-state index >= 15 is 0 Å². The van der Waals surface area contributed by atoms with Crippen LogP contribution in [0.15, 0.2) is 0 Å². The highest BCUT2D eigenvalue weighted by molar-refractivity contribution is 5.84. The Hall–Kier alpha value is -1.34. The van der Waals surface area contributed by atoms with Crippen molar-refractivity contribution in [2.75, 3.05) is 7.11 Å². The summed E-state index contributed by atoms with van der Waals surface area (Å²) in [5, 5.41) is 10.1. The number of esters is 1. The highest BCUT2D eigenvalue weighted by Gasteiger charge is 2.39. The lowest BCUT2D eigenvalue weighted by Crippen LogP contribution is -2.19. The second kappa shape index (κ2) is 12.9. The molecule has 0 bridgehead atoms. The number of ketones is 1. The second-order valence-corrected chi connectivity index (χ2v) is 7.03. The van der Waals surface area contributed by atoms with Crippen LogP contribution in [0.4, 0.5) is 0 Å². The summed E-state index contributed by atoms with van der Waals surface area (Å²) in [5.41, 5.74) is 0. The van der Waals surface area contributed by atoms with Crippen LogP contribution in [0.3, 0.4) is 0 Å². The van der Waals surface area contributed by atoms with Crippen molar-refractivity contribution >= 4 is 11.8 Å². The van der Waals surface area contributed by atoms with E-state index in [-0.39, 0.29) is 30.0 Å². The number of carbonyl (C=O) groups excluding carboxylic acids is 2. The molecule has 1 saturated carbocycles. The van der Waals surface area contributed by atoms with Gasteiger partial charge in [0.2, 0.25) is 0 Å². The largest absolute Gasteiger partial charge is 0.469 e. The molecule has 0 saturated heterocycles. The Bertz CT molecular complexity index is 460. The van der Waals surface area contributed by atoms with Crippen LogP contribution >= 0.6 is 0 Å². The van der Waals surface area contributed by atoms with Gasteiger partial charge in [-0.3, -0.25) is 9.59 Å². The number of methoxy groups -OCH3 is 1. The van der Waals surface area contributed by atoms with Gasteiger partial charge >= 0.3 is 5.97 Å². The van der Waals surface area contributed by atoms with E-state index in [9.17, 15) is 14.7 Å². The molecule has 0 amide bonds. The van der Waals surface area contributed by atoms with Gasteiger partial charge in [0.05, 0.1) is 19.1 Å². The molecule has 1 N–H and O–H groups in total. The molecule has 25 heavy (non-hydrogen) atoms. The maximum atomic E-state index is 12.1. The zero-order valence-electron chi connectivity index (χ0n) is 15.9. The van der Waals surface area contributed by atoms with Gasteiger partial charge in [-0.25, -0.2) is 0 Å². The molecule has 4 heteroatoms. The summed E-state index contributed by atoms with van der Waals surface area (Å²) < 4.78 is 4.62. The summed E-state index contributed by atoms with van der Waals surface area (Å²) in [7, 11) is 1.41. The van der Waals surface area contributed by atoms with Gasteiger partial charge in [0, 0.05) is 25.2 Å². The quantitative estimate of drug-likeness (QED) is 0.347. The lowest BCUT2D eigenvalue weighted by Gasteiger charge is -2.15. The third-order valence-electron chi connectivity index (χ3n) is 4.97. The Morgan fingerprint density at radius 3 is 2.60 bits per heavy atom. The van der Waals surface area contributed by atoms with Crippen LogP contribution in [-0.4, -0.2) is 30.1 Å². The predicted octanol–water partition coefficient (Wildman–Crippen LogP) is 4.04. The number of aliphatic hydroxyl groups excluding tert-OH is 1. The molecule has 4 nitrogen and oxygen atoms in total. The summed E-state index contributed by atoms with van der Waals surface area (Å²) in [4.78, 5) is 23.2. The van der Waals surface area contributed by atoms with E-state index in [1.54, 1.807) is 0 Å². The van der Waals surface area contributed by atoms with E-state index in [0.717, 1.165) is 44.9 Å². The SMILES string of the molecule is CCCCCCC#C[C@@H]1[C@H](O)CC(=O)[C@H]1CCCCCCC(=O)OC. The summed E-state index contributed by atoms with van der Waals surface area (Å²) in [6, 6.07) is 0. The third kappa shape index (κ3) is 8.54. The standard InChI is InChI=1S/C21H34O4/c1-3-4-5-6-7-10-13-17-18(20(23)16-19(17)22)14-11-8-9-12-15-21(24)25-2/h17-19,22H,3-9,11-12,14-16H2,1-2H3/t17-,18-,19+/m0/s1. The second-order valence-electron chi connectivity index (χ2n) is 7.03. The fraction of sp³-hybridized carbons (Fsp3) is 0.810. The Morgan fingerprint density at radius 2 is 1.88 bits per heavy atom. The molecule has 0 aromatic heterocycles. The van der Waals surface area contributed by atoms with E-state index in [2.05, 4.69) is 23.5 Å². The molecule has 3 atom stereocenters. The molecule has 0 aromatic carbocycles. The van der Waals surface area contributed by atoms with Crippen molar-refractivity contribution in [3.63, 3.8) is 0 Å². The van der Waals surface area contributed by atoms with Crippen LogP contribution in [0.1, 0.15) is 84.0 Å². The van der Waals surface area contributed by atoms with Gasteiger partial charge in [-0.15, -0.1) is 5.92 Å². The lowest BCUT2D eigenvalue weighted by molar-refractivity contribution is -0.140. The van der Waals surface area contributed by atoms with Crippen LogP contribution in [0, 0.1) is 23.7 Å². The fourth-order valence-corrected chi connectivity index (χ4v) is 3.41. The van der Waals surface area contributed by atoms with E-state index in [4.69, 9.17) is 0 Å². The van der Waals surface area contributed by atoms with Crippen molar-refractivity contribution in [2.24, 2.45) is 11.8 Å². The number of carbonyl (C=O) groups is 2. The zero-order valence-corrected chi connectivity index (χ0v) is 15.9. The summed E-state index contributed by atoms with van der Waals surface area (Å²) in [6.07, 6.45) is 10.3. The van der Waals surface area contributed by atoms with Gasteiger partial charge < -0.3 is 9.84 Å². The minimum atomic E-state index is -0.597. The first-order valence-corrected chi connectivity index (χ1v) is 9.86. The monoisotopic (exact) mass is 350 g/mol. The molecule has 0 aromatic rings. The van der Waals surface area contributed by atoms with Crippen molar-refractivity contribution in [1.82, 2.24) is 0 Å². The Balaban J connectivity index is 2.30. The molecular weight excluding hydrogens is 316 g/mol. The van der Waals surface area contributed by atoms with Gasteiger partial charge in [0.1, 0.15) is 5.78 Å². The Kier molecular flexibility index (Phi) is 11.2. The van der Waals surface area contributed by atoms with Crippen molar-refractivity contribution < 1.29 is 19.4 Å². The summed E-state index contributed by atoms with van der Waals surface area (Å²) in [6.45, 7) is 2.19. The average Bonchev–Trinajstić information content (AvgIpc) is 2.87. The first-order valence-electron chi connectivity index (χ1n) is 9.86.